The Bertz CT molecular complexity index is 473. The molecule has 1 atom stereocenters. The first kappa shape index (κ1) is 13.4. The number of nitrogens with two attached hydrogens (primary N) is 1. The summed E-state index contributed by atoms with van der Waals surface area (Å²) in [5, 5.41) is 2.97. The maximum absolute atomic E-state index is 12.3. The first-order chi connectivity index (χ1) is 9.76. The van der Waals surface area contributed by atoms with E-state index < -0.39 is 0 Å². The summed E-state index contributed by atoms with van der Waals surface area (Å²) in [5.41, 5.74) is 7.47. The SMILES string of the molecule is NCc1ccc(NC(=O)N2CCN3CCCC3C2)cc1. The minimum absolute atomic E-state index is 0.0112. The number of urea groups is 1. The van der Waals surface area contributed by atoms with E-state index in [-0.39, 0.29) is 6.03 Å². The number of rotatable bonds is 2. The Morgan fingerprint density at radius 1 is 1.25 bits per heavy atom. The van der Waals surface area contributed by atoms with E-state index in [1.807, 2.05) is 29.2 Å². The van der Waals surface area contributed by atoms with E-state index in [1.54, 1.807) is 0 Å². The third-order valence-corrected chi connectivity index (χ3v) is 4.32. The maximum Gasteiger partial charge on any atom is 0.321 e. The number of hydrogen-bond donors (Lipinski definition) is 2. The molecule has 0 bridgehead atoms. The minimum Gasteiger partial charge on any atom is -0.326 e. The number of carbonyl (C=O) groups excluding carboxylic acids is 1. The zero-order chi connectivity index (χ0) is 13.9. The molecule has 0 spiro atoms. The molecule has 1 aromatic carbocycles. The van der Waals surface area contributed by atoms with Gasteiger partial charge in [-0.2, -0.15) is 0 Å². The second-order valence-corrected chi connectivity index (χ2v) is 5.61. The summed E-state index contributed by atoms with van der Waals surface area (Å²) >= 11 is 0. The van der Waals surface area contributed by atoms with Crippen LogP contribution in [-0.4, -0.2) is 48.1 Å². The van der Waals surface area contributed by atoms with Gasteiger partial charge in [0.15, 0.2) is 0 Å². The summed E-state index contributed by atoms with van der Waals surface area (Å²) in [5.74, 6) is 0. The van der Waals surface area contributed by atoms with Crippen LogP contribution in [0.4, 0.5) is 10.5 Å². The lowest BCUT2D eigenvalue weighted by Crippen LogP contribution is -2.53. The molecule has 2 heterocycles. The molecular formula is C15H22N4O. The Morgan fingerprint density at radius 2 is 2.05 bits per heavy atom. The summed E-state index contributed by atoms with van der Waals surface area (Å²) in [6, 6.07) is 8.29. The molecule has 2 saturated heterocycles. The fraction of sp³-hybridized carbons (Fsp3) is 0.533. The Morgan fingerprint density at radius 3 is 2.80 bits per heavy atom. The number of hydrogen-bond acceptors (Lipinski definition) is 3. The molecule has 2 aliphatic heterocycles. The molecule has 108 valence electrons. The highest BCUT2D eigenvalue weighted by Gasteiger charge is 2.32. The summed E-state index contributed by atoms with van der Waals surface area (Å²) < 4.78 is 0. The molecule has 0 aromatic heterocycles. The van der Waals surface area contributed by atoms with Crippen molar-refractivity contribution in [2.45, 2.75) is 25.4 Å². The lowest BCUT2D eigenvalue weighted by atomic mass is 10.1. The van der Waals surface area contributed by atoms with Gasteiger partial charge in [-0.3, -0.25) is 4.90 Å². The van der Waals surface area contributed by atoms with Crippen LogP contribution >= 0.6 is 0 Å². The van der Waals surface area contributed by atoms with E-state index in [0.717, 1.165) is 30.9 Å². The number of piperazine rings is 1. The van der Waals surface area contributed by atoms with Crippen LogP contribution in [0, 0.1) is 0 Å². The molecule has 5 heteroatoms. The normalized spacial score (nSPS) is 22.6. The highest BCUT2D eigenvalue weighted by Crippen LogP contribution is 2.22. The Hall–Kier alpha value is -1.59. The molecule has 1 aromatic rings. The van der Waals surface area contributed by atoms with Crippen molar-refractivity contribution in [3.63, 3.8) is 0 Å². The van der Waals surface area contributed by atoms with E-state index in [4.69, 9.17) is 5.73 Å². The van der Waals surface area contributed by atoms with Crippen molar-refractivity contribution in [2.24, 2.45) is 5.73 Å². The number of nitrogens with zero attached hydrogens (tertiary/aromatic N) is 2. The Balaban J connectivity index is 1.58. The molecule has 0 radical (unpaired) electrons. The van der Waals surface area contributed by atoms with Gasteiger partial charge in [0.2, 0.25) is 0 Å². The van der Waals surface area contributed by atoms with Crippen LogP contribution in [0.2, 0.25) is 0 Å². The van der Waals surface area contributed by atoms with E-state index in [2.05, 4.69) is 10.2 Å². The molecule has 5 nitrogen and oxygen atoms in total. The molecule has 1 unspecified atom stereocenters. The van der Waals surface area contributed by atoms with Crippen LogP contribution in [0.25, 0.3) is 0 Å². The number of benzene rings is 1. The molecule has 2 amide bonds. The second kappa shape index (κ2) is 5.81. The minimum atomic E-state index is 0.0112. The molecule has 2 aliphatic rings. The van der Waals surface area contributed by atoms with Crippen LogP contribution in [0.3, 0.4) is 0 Å². The van der Waals surface area contributed by atoms with Crippen LogP contribution in [0.5, 0.6) is 0 Å². The predicted molar refractivity (Wildman–Crippen MR) is 79.5 cm³/mol. The van der Waals surface area contributed by atoms with Gasteiger partial charge in [-0.05, 0) is 37.1 Å². The number of anilines is 1. The molecule has 0 saturated carbocycles. The summed E-state index contributed by atoms with van der Waals surface area (Å²) in [7, 11) is 0. The first-order valence-electron chi connectivity index (χ1n) is 7.35. The van der Waals surface area contributed by atoms with Crippen LogP contribution < -0.4 is 11.1 Å². The third-order valence-electron chi connectivity index (χ3n) is 4.32. The van der Waals surface area contributed by atoms with Gasteiger partial charge in [-0.25, -0.2) is 4.79 Å². The fourth-order valence-electron chi connectivity index (χ4n) is 3.10. The van der Waals surface area contributed by atoms with Crippen molar-refractivity contribution in [3.05, 3.63) is 29.8 Å². The summed E-state index contributed by atoms with van der Waals surface area (Å²) in [6.07, 6.45) is 2.48. The second-order valence-electron chi connectivity index (χ2n) is 5.61. The number of fused-ring (bicyclic) bond motifs is 1. The molecular weight excluding hydrogens is 252 g/mol. The van der Waals surface area contributed by atoms with Crippen molar-refractivity contribution in [1.29, 1.82) is 0 Å². The lowest BCUT2D eigenvalue weighted by Gasteiger charge is -2.37. The molecule has 3 rings (SSSR count). The van der Waals surface area contributed by atoms with Crippen molar-refractivity contribution in [2.75, 3.05) is 31.5 Å². The maximum atomic E-state index is 12.3. The van der Waals surface area contributed by atoms with Gasteiger partial charge in [-0.15, -0.1) is 0 Å². The number of amides is 2. The Labute approximate surface area is 119 Å². The van der Waals surface area contributed by atoms with Gasteiger partial charge in [0.1, 0.15) is 0 Å². The largest absolute Gasteiger partial charge is 0.326 e. The third kappa shape index (κ3) is 2.78. The zero-order valence-electron chi connectivity index (χ0n) is 11.7. The van der Waals surface area contributed by atoms with Crippen LogP contribution in [0.15, 0.2) is 24.3 Å². The topological polar surface area (TPSA) is 61.6 Å². The van der Waals surface area contributed by atoms with E-state index >= 15 is 0 Å². The molecule has 2 fully saturated rings. The Kier molecular flexibility index (Phi) is 3.89. The van der Waals surface area contributed by atoms with Gasteiger partial charge in [0.05, 0.1) is 0 Å². The lowest BCUT2D eigenvalue weighted by molar-refractivity contribution is 0.124. The van der Waals surface area contributed by atoms with Crippen molar-refractivity contribution in [1.82, 2.24) is 9.80 Å². The monoisotopic (exact) mass is 274 g/mol. The van der Waals surface area contributed by atoms with E-state index in [9.17, 15) is 4.79 Å². The van der Waals surface area contributed by atoms with E-state index in [1.165, 1.54) is 19.4 Å². The molecule has 20 heavy (non-hydrogen) atoms. The standard InChI is InChI=1S/C15H22N4O/c16-10-12-3-5-13(6-4-12)17-15(20)19-9-8-18-7-1-2-14(18)11-19/h3-6,14H,1-2,7-11,16H2,(H,17,20). The highest BCUT2D eigenvalue weighted by atomic mass is 16.2. The van der Waals surface area contributed by atoms with Crippen LogP contribution in [0.1, 0.15) is 18.4 Å². The van der Waals surface area contributed by atoms with Crippen molar-refractivity contribution < 1.29 is 4.79 Å². The van der Waals surface area contributed by atoms with Gasteiger partial charge in [0.25, 0.3) is 0 Å². The molecule has 0 aliphatic carbocycles. The predicted octanol–water partition coefficient (Wildman–Crippen LogP) is 1.46. The molecule has 3 N–H and O–H groups in total. The average molecular weight is 274 g/mol. The van der Waals surface area contributed by atoms with Crippen LogP contribution in [-0.2, 0) is 6.54 Å². The highest BCUT2D eigenvalue weighted by molar-refractivity contribution is 5.89. The average Bonchev–Trinajstić information content (AvgIpc) is 2.95. The summed E-state index contributed by atoms with van der Waals surface area (Å²) in [4.78, 5) is 16.7. The van der Waals surface area contributed by atoms with Gasteiger partial charge < -0.3 is 16.0 Å². The summed E-state index contributed by atoms with van der Waals surface area (Å²) in [6.45, 7) is 4.40. The first-order valence-corrected chi connectivity index (χ1v) is 7.35. The quantitative estimate of drug-likeness (QED) is 0.858. The zero-order valence-corrected chi connectivity index (χ0v) is 11.7. The number of nitrogens with one attached hydrogen (secondary N) is 1. The van der Waals surface area contributed by atoms with Gasteiger partial charge >= 0.3 is 6.03 Å². The van der Waals surface area contributed by atoms with Crippen molar-refractivity contribution in [3.8, 4) is 0 Å². The van der Waals surface area contributed by atoms with Gasteiger partial charge in [0, 0.05) is 37.9 Å². The van der Waals surface area contributed by atoms with Crippen molar-refractivity contribution >= 4 is 11.7 Å². The smallest absolute Gasteiger partial charge is 0.321 e. The number of carbonyl (C=O) groups is 1. The van der Waals surface area contributed by atoms with E-state index in [0.29, 0.717) is 12.6 Å². The van der Waals surface area contributed by atoms with Gasteiger partial charge in [-0.1, -0.05) is 12.1 Å². The fourth-order valence-corrected chi connectivity index (χ4v) is 3.10.